The third kappa shape index (κ3) is 5.29. The van der Waals surface area contributed by atoms with E-state index in [-0.39, 0.29) is 23.8 Å². The Hall–Kier alpha value is -1.99. The molecule has 3 atom stereocenters. The summed E-state index contributed by atoms with van der Waals surface area (Å²) in [5.41, 5.74) is 0.973. The molecular weight excluding hydrogens is 376 g/mol. The summed E-state index contributed by atoms with van der Waals surface area (Å²) in [7, 11) is 3.29. The van der Waals surface area contributed by atoms with Crippen LogP contribution in [0.2, 0.25) is 0 Å². The number of rotatable bonds is 7. The molecule has 1 saturated heterocycles. The molecule has 1 saturated carbocycles. The van der Waals surface area contributed by atoms with Crippen LogP contribution in [0.25, 0.3) is 6.08 Å². The topological polar surface area (TPSA) is 76.7 Å². The van der Waals surface area contributed by atoms with Crippen molar-refractivity contribution in [1.82, 2.24) is 10.6 Å². The van der Waals surface area contributed by atoms with Gasteiger partial charge in [-0.05, 0) is 49.5 Å². The van der Waals surface area contributed by atoms with Crippen LogP contribution in [-0.4, -0.2) is 50.5 Å². The zero-order valence-corrected chi connectivity index (χ0v) is 17.2. The van der Waals surface area contributed by atoms with Crippen LogP contribution in [0, 0.1) is 5.92 Å². The SMILES string of the molecule is COCCCNC(=O)C1CCC2S/C(=C/c3ccc(OC)cc3)C(=O)NC2C1. The highest BCUT2D eigenvalue weighted by atomic mass is 32.2. The van der Waals surface area contributed by atoms with Gasteiger partial charge in [0.1, 0.15) is 5.75 Å². The predicted molar refractivity (Wildman–Crippen MR) is 111 cm³/mol. The van der Waals surface area contributed by atoms with E-state index < -0.39 is 0 Å². The lowest BCUT2D eigenvalue weighted by molar-refractivity contribution is -0.127. The summed E-state index contributed by atoms with van der Waals surface area (Å²) in [6.07, 6.45) is 5.22. The van der Waals surface area contributed by atoms with Crippen LogP contribution in [0.1, 0.15) is 31.2 Å². The number of benzene rings is 1. The molecule has 7 heteroatoms. The standard InChI is InChI=1S/C21H28N2O4S/c1-26-11-3-10-22-20(24)15-6-9-18-17(13-15)23-21(25)19(28-18)12-14-4-7-16(27-2)8-5-14/h4-5,7-8,12,15,17-18H,3,6,9-11,13H2,1-2H3,(H,22,24)(H,23,25)/b19-12+. The average molecular weight is 405 g/mol. The summed E-state index contributed by atoms with van der Waals surface area (Å²) in [5.74, 6) is 0.801. The van der Waals surface area contributed by atoms with Crippen molar-refractivity contribution >= 4 is 29.7 Å². The van der Waals surface area contributed by atoms with Crippen LogP contribution in [0.15, 0.2) is 29.2 Å². The van der Waals surface area contributed by atoms with Gasteiger partial charge in [-0.3, -0.25) is 9.59 Å². The molecule has 2 aliphatic rings. The van der Waals surface area contributed by atoms with Gasteiger partial charge >= 0.3 is 0 Å². The molecule has 2 fully saturated rings. The van der Waals surface area contributed by atoms with Crippen molar-refractivity contribution in [3.63, 3.8) is 0 Å². The highest BCUT2D eigenvalue weighted by molar-refractivity contribution is 8.04. The second-order valence-corrected chi connectivity index (χ2v) is 8.45. The largest absolute Gasteiger partial charge is 0.497 e. The summed E-state index contributed by atoms with van der Waals surface area (Å²) in [6.45, 7) is 1.28. The third-order valence-electron chi connectivity index (χ3n) is 5.21. The van der Waals surface area contributed by atoms with Crippen molar-refractivity contribution in [2.75, 3.05) is 27.4 Å². The van der Waals surface area contributed by atoms with Crippen molar-refractivity contribution < 1.29 is 19.1 Å². The van der Waals surface area contributed by atoms with Crippen LogP contribution in [-0.2, 0) is 14.3 Å². The van der Waals surface area contributed by atoms with E-state index in [0.717, 1.165) is 35.5 Å². The fourth-order valence-corrected chi connectivity index (χ4v) is 4.95. The van der Waals surface area contributed by atoms with E-state index in [0.29, 0.717) is 24.8 Å². The molecule has 6 nitrogen and oxygen atoms in total. The predicted octanol–water partition coefficient (Wildman–Crippen LogP) is 2.59. The number of nitrogens with one attached hydrogen (secondary N) is 2. The minimum atomic E-state index is -0.0526. The van der Waals surface area contributed by atoms with Crippen molar-refractivity contribution in [3.05, 3.63) is 34.7 Å². The maximum absolute atomic E-state index is 12.6. The molecule has 0 spiro atoms. The Bertz CT molecular complexity index is 720. The van der Waals surface area contributed by atoms with Gasteiger partial charge in [0.2, 0.25) is 5.91 Å². The van der Waals surface area contributed by atoms with E-state index in [9.17, 15) is 9.59 Å². The molecule has 3 rings (SSSR count). The van der Waals surface area contributed by atoms with E-state index in [4.69, 9.17) is 9.47 Å². The summed E-state index contributed by atoms with van der Waals surface area (Å²) in [4.78, 5) is 25.7. The van der Waals surface area contributed by atoms with Gasteiger partial charge in [0.05, 0.1) is 12.0 Å². The number of hydrogen-bond acceptors (Lipinski definition) is 5. The fraction of sp³-hybridized carbons (Fsp3) is 0.524. The molecule has 1 heterocycles. The quantitative estimate of drug-likeness (QED) is 0.540. The van der Waals surface area contributed by atoms with Gasteiger partial charge in [-0.1, -0.05) is 12.1 Å². The van der Waals surface area contributed by atoms with E-state index in [1.54, 1.807) is 26.0 Å². The maximum Gasteiger partial charge on any atom is 0.257 e. The lowest BCUT2D eigenvalue weighted by Crippen LogP contribution is -2.51. The Morgan fingerprint density at radius 3 is 2.79 bits per heavy atom. The number of fused-ring (bicyclic) bond motifs is 1. The number of carbonyl (C=O) groups excluding carboxylic acids is 2. The minimum Gasteiger partial charge on any atom is -0.497 e. The highest BCUT2D eigenvalue weighted by Crippen LogP contribution is 2.40. The first kappa shape index (κ1) is 20.7. The normalized spacial score (nSPS) is 25.7. The monoisotopic (exact) mass is 404 g/mol. The van der Waals surface area contributed by atoms with Crippen LogP contribution in [0.3, 0.4) is 0 Å². The maximum atomic E-state index is 12.6. The zero-order chi connectivity index (χ0) is 19.9. The number of amides is 2. The van der Waals surface area contributed by atoms with Crippen molar-refractivity contribution in [2.24, 2.45) is 5.92 Å². The molecule has 0 radical (unpaired) electrons. The molecule has 1 aliphatic heterocycles. The summed E-state index contributed by atoms with van der Waals surface area (Å²) in [6, 6.07) is 7.70. The molecule has 1 aromatic carbocycles. The molecule has 0 bridgehead atoms. The Labute approximate surface area is 170 Å². The lowest BCUT2D eigenvalue weighted by Gasteiger charge is -2.39. The van der Waals surface area contributed by atoms with E-state index in [1.807, 2.05) is 30.3 Å². The van der Waals surface area contributed by atoms with Gasteiger partial charge < -0.3 is 20.1 Å². The van der Waals surface area contributed by atoms with Gasteiger partial charge in [-0.2, -0.15) is 0 Å². The first-order valence-electron chi connectivity index (χ1n) is 9.70. The van der Waals surface area contributed by atoms with E-state index in [2.05, 4.69) is 10.6 Å². The second kappa shape index (κ2) is 9.98. The molecule has 28 heavy (non-hydrogen) atoms. The highest BCUT2D eigenvalue weighted by Gasteiger charge is 2.39. The second-order valence-electron chi connectivity index (χ2n) is 7.17. The molecule has 1 aliphatic carbocycles. The Morgan fingerprint density at radius 2 is 2.07 bits per heavy atom. The number of methoxy groups -OCH3 is 2. The van der Waals surface area contributed by atoms with E-state index >= 15 is 0 Å². The van der Waals surface area contributed by atoms with Crippen molar-refractivity contribution in [1.29, 1.82) is 0 Å². The van der Waals surface area contributed by atoms with Gasteiger partial charge in [-0.25, -0.2) is 0 Å². The van der Waals surface area contributed by atoms with Crippen molar-refractivity contribution in [2.45, 2.75) is 37.0 Å². The Kier molecular flexibility index (Phi) is 7.39. The van der Waals surface area contributed by atoms with Crippen LogP contribution in [0.5, 0.6) is 5.75 Å². The fourth-order valence-electron chi connectivity index (χ4n) is 3.65. The van der Waals surface area contributed by atoms with Gasteiger partial charge in [0, 0.05) is 37.5 Å². The minimum absolute atomic E-state index is 0.0307. The lowest BCUT2D eigenvalue weighted by atomic mass is 9.84. The Morgan fingerprint density at radius 1 is 1.29 bits per heavy atom. The number of thioether (sulfide) groups is 1. The van der Waals surface area contributed by atoms with E-state index in [1.165, 1.54) is 0 Å². The molecule has 1 aromatic rings. The third-order valence-corrected chi connectivity index (χ3v) is 6.64. The summed E-state index contributed by atoms with van der Waals surface area (Å²) in [5, 5.41) is 6.42. The van der Waals surface area contributed by atoms with Gasteiger partial charge in [0.25, 0.3) is 5.91 Å². The number of carbonyl (C=O) groups is 2. The molecule has 0 aromatic heterocycles. The Balaban J connectivity index is 1.56. The number of hydrogen-bond donors (Lipinski definition) is 2. The van der Waals surface area contributed by atoms with Crippen LogP contribution >= 0.6 is 11.8 Å². The zero-order valence-electron chi connectivity index (χ0n) is 16.4. The summed E-state index contributed by atoms with van der Waals surface area (Å²) >= 11 is 1.64. The van der Waals surface area contributed by atoms with Crippen LogP contribution in [0.4, 0.5) is 0 Å². The molecule has 152 valence electrons. The molecule has 2 amide bonds. The summed E-state index contributed by atoms with van der Waals surface area (Å²) < 4.78 is 10.2. The molecule has 3 unspecified atom stereocenters. The molecular formula is C21H28N2O4S. The smallest absolute Gasteiger partial charge is 0.257 e. The van der Waals surface area contributed by atoms with Gasteiger partial charge in [-0.15, -0.1) is 11.8 Å². The molecule has 2 N–H and O–H groups in total. The average Bonchev–Trinajstić information content (AvgIpc) is 2.72. The van der Waals surface area contributed by atoms with Crippen molar-refractivity contribution in [3.8, 4) is 5.75 Å². The van der Waals surface area contributed by atoms with Crippen LogP contribution < -0.4 is 15.4 Å². The first-order chi connectivity index (χ1) is 13.6. The van der Waals surface area contributed by atoms with Gasteiger partial charge in [0.15, 0.2) is 0 Å². The first-order valence-corrected chi connectivity index (χ1v) is 10.6. The number of ether oxygens (including phenoxy) is 2.